The summed E-state index contributed by atoms with van der Waals surface area (Å²) in [6, 6.07) is 0. The Balaban J connectivity index is 2.07. The highest BCUT2D eigenvalue weighted by atomic mass is 32.1. The Morgan fingerprint density at radius 1 is 1.77 bits per heavy atom. The molecule has 0 atom stereocenters. The summed E-state index contributed by atoms with van der Waals surface area (Å²) < 4.78 is 0. The second-order valence-corrected chi connectivity index (χ2v) is 4.17. The minimum absolute atomic E-state index is 0.243. The summed E-state index contributed by atoms with van der Waals surface area (Å²) in [5.41, 5.74) is 0.969. The molecule has 4 heteroatoms. The Labute approximate surface area is 81.2 Å². The van der Waals surface area contributed by atoms with Crippen molar-refractivity contribution in [3.8, 4) is 0 Å². The van der Waals surface area contributed by atoms with Gasteiger partial charge in [-0.2, -0.15) is 0 Å². The molecule has 0 radical (unpaired) electrons. The molecule has 1 N–H and O–H groups in total. The minimum Gasteiger partial charge on any atom is -0.314 e. The van der Waals surface area contributed by atoms with Crippen molar-refractivity contribution in [1.29, 1.82) is 0 Å². The van der Waals surface area contributed by atoms with Gasteiger partial charge in [-0.15, -0.1) is 11.3 Å². The first-order valence-electron chi connectivity index (χ1n) is 4.44. The molecule has 3 nitrogen and oxygen atoms in total. The van der Waals surface area contributed by atoms with E-state index in [2.05, 4.69) is 10.3 Å². The molecule has 0 saturated heterocycles. The van der Waals surface area contributed by atoms with E-state index in [-0.39, 0.29) is 11.7 Å². The fourth-order valence-corrected chi connectivity index (χ4v) is 2.04. The van der Waals surface area contributed by atoms with Crippen LogP contribution in [0.1, 0.15) is 28.3 Å². The average Bonchev–Trinajstić information content (AvgIpc) is 2.87. The second-order valence-electron chi connectivity index (χ2n) is 3.31. The number of ketones is 1. The van der Waals surface area contributed by atoms with Crippen LogP contribution in [-0.2, 0) is 6.54 Å². The topological polar surface area (TPSA) is 42.0 Å². The van der Waals surface area contributed by atoms with E-state index in [0.29, 0.717) is 5.01 Å². The Kier molecular flexibility index (Phi) is 2.42. The lowest BCUT2D eigenvalue weighted by atomic mass is 10.3. The van der Waals surface area contributed by atoms with Gasteiger partial charge in [0.05, 0.1) is 5.69 Å². The molecule has 1 aromatic heterocycles. The fourth-order valence-electron chi connectivity index (χ4n) is 1.20. The molecule has 0 aliphatic heterocycles. The van der Waals surface area contributed by atoms with Crippen LogP contribution in [0.3, 0.4) is 0 Å². The van der Waals surface area contributed by atoms with Crippen molar-refractivity contribution in [3.05, 3.63) is 16.1 Å². The van der Waals surface area contributed by atoms with Gasteiger partial charge in [0.15, 0.2) is 10.8 Å². The molecule has 0 unspecified atom stereocenters. The summed E-state index contributed by atoms with van der Waals surface area (Å²) in [4.78, 5) is 15.8. The van der Waals surface area contributed by atoms with Crippen LogP contribution in [0.5, 0.6) is 0 Å². The smallest absolute Gasteiger partial charge is 0.194 e. The van der Waals surface area contributed by atoms with E-state index < -0.39 is 0 Å². The van der Waals surface area contributed by atoms with E-state index in [9.17, 15) is 4.79 Å². The van der Waals surface area contributed by atoms with Crippen LogP contribution in [0.25, 0.3) is 0 Å². The van der Waals surface area contributed by atoms with E-state index in [1.165, 1.54) is 11.3 Å². The van der Waals surface area contributed by atoms with Crippen molar-refractivity contribution in [2.45, 2.75) is 19.4 Å². The molecule has 0 spiro atoms. The van der Waals surface area contributed by atoms with E-state index in [1.807, 2.05) is 12.4 Å². The summed E-state index contributed by atoms with van der Waals surface area (Å²) >= 11 is 1.47. The predicted octanol–water partition coefficient (Wildman–Crippen LogP) is 1.46. The lowest BCUT2D eigenvalue weighted by Crippen LogP contribution is -2.06. The van der Waals surface area contributed by atoms with Gasteiger partial charge in [0.2, 0.25) is 0 Å². The summed E-state index contributed by atoms with van der Waals surface area (Å²) in [5.74, 6) is 0.529. The predicted molar refractivity (Wildman–Crippen MR) is 51.9 cm³/mol. The molecule has 0 bridgehead atoms. The van der Waals surface area contributed by atoms with E-state index in [0.717, 1.165) is 25.1 Å². The molecule has 1 saturated carbocycles. The lowest BCUT2D eigenvalue weighted by molar-refractivity contribution is 0.0967. The van der Waals surface area contributed by atoms with Crippen molar-refractivity contribution in [1.82, 2.24) is 10.3 Å². The molecule has 70 valence electrons. The molecular formula is C9H12N2OS. The Morgan fingerprint density at radius 2 is 2.54 bits per heavy atom. The monoisotopic (exact) mass is 196 g/mol. The van der Waals surface area contributed by atoms with E-state index in [1.54, 1.807) is 0 Å². The highest BCUT2D eigenvalue weighted by Crippen LogP contribution is 2.33. The lowest BCUT2D eigenvalue weighted by Gasteiger charge is -1.92. The molecule has 1 aromatic rings. The first-order valence-corrected chi connectivity index (χ1v) is 5.32. The van der Waals surface area contributed by atoms with Crippen LogP contribution < -0.4 is 5.32 Å². The van der Waals surface area contributed by atoms with Gasteiger partial charge in [0.25, 0.3) is 0 Å². The highest BCUT2D eigenvalue weighted by Gasteiger charge is 2.32. The van der Waals surface area contributed by atoms with Gasteiger partial charge < -0.3 is 5.32 Å². The summed E-state index contributed by atoms with van der Waals surface area (Å²) in [6.45, 7) is 0.744. The highest BCUT2D eigenvalue weighted by molar-refractivity contribution is 7.11. The molecule has 0 aromatic carbocycles. The maximum absolute atomic E-state index is 11.6. The number of rotatable bonds is 4. The standard InChI is InChI=1S/C9H12N2OS/c1-10-4-7-5-13-9(11-7)8(12)6-2-3-6/h5-6,10H,2-4H2,1H3. The Bertz CT molecular complexity index is 317. The van der Waals surface area contributed by atoms with Crippen molar-refractivity contribution >= 4 is 17.1 Å². The van der Waals surface area contributed by atoms with Gasteiger partial charge in [-0.1, -0.05) is 0 Å². The van der Waals surface area contributed by atoms with Crippen LogP contribution in [0.4, 0.5) is 0 Å². The van der Waals surface area contributed by atoms with Gasteiger partial charge >= 0.3 is 0 Å². The number of carbonyl (C=O) groups excluding carboxylic acids is 1. The number of hydrogen-bond donors (Lipinski definition) is 1. The van der Waals surface area contributed by atoms with Crippen molar-refractivity contribution in [3.63, 3.8) is 0 Å². The van der Waals surface area contributed by atoms with E-state index in [4.69, 9.17) is 0 Å². The third-order valence-corrected chi connectivity index (χ3v) is 2.97. The largest absolute Gasteiger partial charge is 0.314 e. The number of Topliss-reactive ketones (excluding diaryl/α,β-unsaturated/α-hetero) is 1. The van der Waals surface area contributed by atoms with Crippen LogP contribution in [-0.4, -0.2) is 17.8 Å². The van der Waals surface area contributed by atoms with Gasteiger partial charge in [-0.25, -0.2) is 4.98 Å². The summed E-state index contributed by atoms with van der Waals surface area (Å²) in [6.07, 6.45) is 2.11. The normalized spacial score (nSPS) is 16.1. The summed E-state index contributed by atoms with van der Waals surface area (Å²) in [5, 5.41) is 5.65. The third kappa shape index (κ3) is 1.95. The third-order valence-electron chi connectivity index (χ3n) is 2.07. The zero-order valence-electron chi connectivity index (χ0n) is 7.54. The molecule has 1 aliphatic rings. The van der Waals surface area contributed by atoms with Gasteiger partial charge in [-0.3, -0.25) is 4.79 Å². The molecule has 1 aliphatic carbocycles. The fraction of sp³-hybridized carbons (Fsp3) is 0.556. The number of carbonyl (C=O) groups is 1. The molecule has 0 amide bonds. The number of nitrogens with one attached hydrogen (secondary N) is 1. The van der Waals surface area contributed by atoms with Crippen LogP contribution in [0, 0.1) is 5.92 Å². The van der Waals surface area contributed by atoms with Crippen LogP contribution in [0.15, 0.2) is 5.38 Å². The second kappa shape index (κ2) is 3.55. The number of hydrogen-bond acceptors (Lipinski definition) is 4. The SMILES string of the molecule is CNCc1csc(C(=O)C2CC2)n1. The van der Waals surface area contributed by atoms with Gasteiger partial charge in [0, 0.05) is 17.8 Å². The van der Waals surface area contributed by atoms with Crippen LogP contribution in [0.2, 0.25) is 0 Å². The number of aromatic nitrogens is 1. The number of nitrogens with zero attached hydrogens (tertiary/aromatic N) is 1. The first kappa shape index (κ1) is 8.84. The zero-order valence-corrected chi connectivity index (χ0v) is 8.36. The van der Waals surface area contributed by atoms with Crippen molar-refractivity contribution in [2.75, 3.05) is 7.05 Å². The molecule has 2 rings (SSSR count). The first-order chi connectivity index (χ1) is 6.31. The Morgan fingerprint density at radius 3 is 3.15 bits per heavy atom. The minimum atomic E-state index is 0.243. The van der Waals surface area contributed by atoms with Crippen molar-refractivity contribution in [2.24, 2.45) is 5.92 Å². The molecule has 1 heterocycles. The molecular weight excluding hydrogens is 184 g/mol. The van der Waals surface area contributed by atoms with Gasteiger partial charge in [0.1, 0.15) is 0 Å². The molecule has 1 fully saturated rings. The average molecular weight is 196 g/mol. The zero-order chi connectivity index (χ0) is 9.26. The Hall–Kier alpha value is -0.740. The van der Waals surface area contributed by atoms with E-state index >= 15 is 0 Å². The number of thiazole rings is 1. The van der Waals surface area contributed by atoms with Crippen molar-refractivity contribution < 1.29 is 4.79 Å². The van der Waals surface area contributed by atoms with Gasteiger partial charge in [-0.05, 0) is 19.9 Å². The maximum atomic E-state index is 11.6. The van der Waals surface area contributed by atoms with Crippen LogP contribution >= 0.6 is 11.3 Å². The maximum Gasteiger partial charge on any atom is 0.194 e. The summed E-state index contributed by atoms with van der Waals surface area (Å²) in [7, 11) is 1.88. The quantitative estimate of drug-likeness (QED) is 0.741. The molecule has 13 heavy (non-hydrogen) atoms.